The van der Waals surface area contributed by atoms with E-state index < -0.39 is 16.1 Å². The molecule has 1 N–H and O–H groups in total. The topological polar surface area (TPSA) is 66.5 Å². The maximum atomic E-state index is 13.2. The minimum absolute atomic E-state index is 0.168. The van der Waals surface area contributed by atoms with Crippen LogP contribution in [0.5, 0.6) is 0 Å². The van der Waals surface area contributed by atoms with Gasteiger partial charge in [0.1, 0.15) is 6.04 Å². The van der Waals surface area contributed by atoms with Gasteiger partial charge in [0.25, 0.3) is 0 Å². The largest absolute Gasteiger partial charge is 0.347 e. The molecule has 1 amide bonds. The van der Waals surface area contributed by atoms with Crippen molar-refractivity contribution in [3.8, 4) is 0 Å². The second-order valence-corrected chi connectivity index (χ2v) is 9.49. The summed E-state index contributed by atoms with van der Waals surface area (Å²) in [7, 11) is -3.64. The molecule has 0 heterocycles. The normalized spacial score (nSPS) is 13.6. The van der Waals surface area contributed by atoms with Gasteiger partial charge in [-0.15, -0.1) is 0 Å². The van der Waals surface area contributed by atoms with E-state index in [1.165, 1.54) is 4.31 Å². The third kappa shape index (κ3) is 5.60. The monoisotopic (exact) mass is 416 g/mol. The van der Waals surface area contributed by atoms with Crippen LogP contribution >= 0.6 is 0 Å². The van der Waals surface area contributed by atoms with E-state index in [-0.39, 0.29) is 11.9 Å². The molecule has 5 nitrogen and oxygen atoms in total. The molecular formula is C23H32N2O3S. The van der Waals surface area contributed by atoms with E-state index in [0.717, 1.165) is 28.5 Å². The van der Waals surface area contributed by atoms with E-state index in [9.17, 15) is 13.2 Å². The van der Waals surface area contributed by atoms with Crippen molar-refractivity contribution in [1.29, 1.82) is 0 Å². The fourth-order valence-corrected chi connectivity index (χ4v) is 4.61. The van der Waals surface area contributed by atoms with Crippen molar-refractivity contribution in [1.82, 2.24) is 5.32 Å². The van der Waals surface area contributed by atoms with Crippen molar-refractivity contribution < 1.29 is 13.2 Å². The molecular weight excluding hydrogens is 384 g/mol. The van der Waals surface area contributed by atoms with E-state index >= 15 is 0 Å². The first kappa shape index (κ1) is 22.9. The Morgan fingerprint density at radius 3 is 2.07 bits per heavy atom. The lowest BCUT2D eigenvalue weighted by Crippen LogP contribution is -2.50. The van der Waals surface area contributed by atoms with Gasteiger partial charge in [0.2, 0.25) is 15.9 Å². The highest BCUT2D eigenvalue weighted by molar-refractivity contribution is 7.92. The number of nitrogens with one attached hydrogen (secondary N) is 1. The van der Waals surface area contributed by atoms with Crippen LogP contribution in [-0.2, 0) is 14.8 Å². The highest BCUT2D eigenvalue weighted by Gasteiger charge is 2.32. The number of hydrogen-bond donors (Lipinski definition) is 1. The summed E-state index contributed by atoms with van der Waals surface area (Å²) in [6, 6.07) is 12.5. The zero-order chi connectivity index (χ0) is 21.8. The third-order valence-electron chi connectivity index (χ3n) is 5.28. The first-order valence-electron chi connectivity index (χ1n) is 10.0. The Labute approximate surface area is 175 Å². The molecule has 0 saturated carbocycles. The quantitative estimate of drug-likeness (QED) is 0.692. The molecule has 0 radical (unpaired) electrons. The first-order chi connectivity index (χ1) is 13.6. The number of nitrogens with zero attached hydrogens (tertiary/aromatic N) is 1. The summed E-state index contributed by atoms with van der Waals surface area (Å²) in [5.74, 6) is -0.288. The zero-order valence-electron chi connectivity index (χ0n) is 18.2. The number of aryl methyl sites for hydroxylation is 3. The number of sulfonamides is 1. The summed E-state index contributed by atoms with van der Waals surface area (Å²) < 4.78 is 26.5. The fourth-order valence-electron chi connectivity index (χ4n) is 3.41. The Kier molecular flexibility index (Phi) is 7.47. The van der Waals surface area contributed by atoms with Gasteiger partial charge in [-0.1, -0.05) is 49.7 Å². The first-order valence-corrected chi connectivity index (χ1v) is 11.9. The number of amides is 1. The molecule has 2 atom stereocenters. The smallest absolute Gasteiger partial charge is 0.244 e. The summed E-state index contributed by atoms with van der Waals surface area (Å²) in [4.78, 5) is 13.2. The van der Waals surface area contributed by atoms with Crippen molar-refractivity contribution >= 4 is 21.6 Å². The van der Waals surface area contributed by atoms with Crippen LogP contribution in [0.15, 0.2) is 42.5 Å². The van der Waals surface area contributed by atoms with E-state index in [0.29, 0.717) is 18.5 Å². The van der Waals surface area contributed by atoms with Gasteiger partial charge >= 0.3 is 0 Å². The highest BCUT2D eigenvalue weighted by atomic mass is 32.2. The SMILES string of the molecule is CC[C@H](NC(=O)[C@@H](CC)N(c1ccc(C)c(C)c1)S(C)(=O)=O)c1ccc(C)cc1. The molecule has 0 aromatic heterocycles. The van der Waals surface area contributed by atoms with Gasteiger partial charge in [-0.2, -0.15) is 0 Å². The van der Waals surface area contributed by atoms with Gasteiger partial charge in [0, 0.05) is 0 Å². The molecule has 0 aliphatic rings. The van der Waals surface area contributed by atoms with Crippen LogP contribution in [0.3, 0.4) is 0 Å². The summed E-state index contributed by atoms with van der Waals surface area (Å²) in [6.45, 7) is 9.76. The number of carbonyl (C=O) groups excluding carboxylic acids is 1. The van der Waals surface area contributed by atoms with Crippen molar-refractivity contribution in [2.24, 2.45) is 0 Å². The lowest BCUT2D eigenvalue weighted by Gasteiger charge is -2.32. The van der Waals surface area contributed by atoms with Gasteiger partial charge in [0.15, 0.2) is 0 Å². The maximum Gasteiger partial charge on any atom is 0.244 e. The van der Waals surface area contributed by atoms with Gasteiger partial charge in [0.05, 0.1) is 18.0 Å². The minimum Gasteiger partial charge on any atom is -0.347 e. The number of benzene rings is 2. The lowest BCUT2D eigenvalue weighted by molar-refractivity contribution is -0.123. The van der Waals surface area contributed by atoms with Crippen LogP contribution < -0.4 is 9.62 Å². The third-order valence-corrected chi connectivity index (χ3v) is 6.46. The Morgan fingerprint density at radius 1 is 0.966 bits per heavy atom. The lowest BCUT2D eigenvalue weighted by atomic mass is 10.0. The second-order valence-electron chi connectivity index (χ2n) is 7.63. The van der Waals surface area contributed by atoms with Crippen molar-refractivity contribution in [2.45, 2.75) is 59.5 Å². The van der Waals surface area contributed by atoms with Gasteiger partial charge in [-0.3, -0.25) is 9.10 Å². The van der Waals surface area contributed by atoms with Crippen molar-refractivity contribution in [2.75, 3.05) is 10.6 Å². The van der Waals surface area contributed by atoms with Crippen LogP contribution in [0.25, 0.3) is 0 Å². The summed E-state index contributed by atoms with van der Waals surface area (Å²) in [5, 5.41) is 3.06. The molecule has 6 heteroatoms. The molecule has 0 fully saturated rings. The Balaban J connectivity index is 2.36. The second kappa shape index (κ2) is 9.44. The van der Waals surface area contributed by atoms with Crippen LogP contribution in [-0.4, -0.2) is 26.6 Å². The molecule has 0 spiro atoms. The van der Waals surface area contributed by atoms with E-state index in [1.54, 1.807) is 6.07 Å². The molecule has 0 saturated heterocycles. The molecule has 0 aliphatic carbocycles. The molecule has 29 heavy (non-hydrogen) atoms. The molecule has 2 aromatic carbocycles. The summed E-state index contributed by atoms with van der Waals surface area (Å²) >= 11 is 0. The zero-order valence-corrected chi connectivity index (χ0v) is 19.0. The van der Waals surface area contributed by atoms with Crippen molar-refractivity contribution in [3.05, 3.63) is 64.7 Å². The predicted molar refractivity (Wildman–Crippen MR) is 120 cm³/mol. The fraction of sp³-hybridized carbons (Fsp3) is 0.435. The number of rotatable bonds is 8. The number of anilines is 1. The van der Waals surface area contributed by atoms with E-state index in [1.807, 2.05) is 71.0 Å². The Hall–Kier alpha value is -2.34. The molecule has 2 rings (SSSR count). The molecule has 2 aromatic rings. The van der Waals surface area contributed by atoms with Crippen LogP contribution in [0.2, 0.25) is 0 Å². The Bertz CT molecular complexity index is 953. The van der Waals surface area contributed by atoms with Gasteiger partial charge < -0.3 is 5.32 Å². The number of hydrogen-bond acceptors (Lipinski definition) is 3. The van der Waals surface area contributed by atoms with Crippen molar-refractivity contribution in [3.63, 3.8) is 0 Å². The maximum absolute atomic E-state index is 13.2. The predicted octanol–water partition coefficient (Wildman–Crippen LogP) is 4.42. The summed E-state index contributed by atoms with van der Waals surface area (Å²) in [5.41, 5.74) is 4.74. The van der Waals surface area contributed by atoms with Gasteiger partial charge in [-0.25, -0.2) is 8.42 Å². The summed E-state index contributed by atoms with van der Waals surface area (Å²) in [6.07, 6.45) is 2.24. The average molecular weight is 417 g/mol. The molecule has 0 aliphatic heterocycles. The number of carbonyl (C=O) groups is 1. The molecule has 158 valence electrons. The van der Waals surface area contributed by atoms with Crippen LogP contribution in [0.1, 0.15) is 55.0 Å². The Morgan fingerprint density at radius 2 is 1.59 bits per heavy atom. The van der Waals surface area contributed by atoms with Gasteiger partial charge in [-0.05, 0) is 62.4 Å². The molecule has 0 bridgehead atoms. The van der Waals surface area contributed by atoms with Crippen LogP contribution in [0.4, 0.5) is 5.69 Å². The minimum atomic E-state index is -3.64. The highest BCUT2D eigenvalue weighted by Crippen LogP contribution is 2.26. The van der Waals surface area contributed by atoms with E-state index in [2.05, 4.69) is 5.32 Å². The van der Waals surface area contributed by atoms with Crippen LogP contribution in [0, 0.1) is 20.8 Å². The molecule has 0 unspecified atom stereocenters. The average Bonchev–Trinajstić information content (AvgIpc) is 2.66. The van der Waals surface area contributed by atoms with E-state index in [4.69, 9.17) is 0 Å². The standard InChI is InChI=1S/C23H32N2O3S/c1-7-21(19-12-9-16(3)10-13-19)24-23(26)22(8-2)25(29(6,27)28)20-14-11-17(4)18(5)15-20/h9-15,21-22H,7-8H2,1-6H3,(H,24,26)/t21-,22+/m0/s1.